The Hall–Kier alpha value is -0.570. The van der Waals surface area contributed by atoms with Crippen LogP contribution >= 0.6 is 0 Å². The summed E-state index contributed by atoms with van der Waals surface area (Å²) in [5.41, 5.74) is 5.64. The number of carbonyl (C=O) groups excluding carboxylic acids is 1. The average Bonchev–Trinajstić information content (AvgIpc) is 2.10. The number of amides is 1. The van der Waals surface area contributed by atoms with Crippen LogP contribution < -0.4 is 5.73 Å². The van der Waals surface area contributed by atoms with Crippen molar-refractivity contribution in [2.24, 2.45) is 11.7 Å². The average molecular weight is 212 g/mol. The molecule has 1 fully saturated rings. The van der Waals surface area contributed by atoms with Crippen LogP contribution in [0, 0.1) is 5.92 Å². The maximum atomic E-state index is 11.7. The molecule has 3 heteroatoms. The fourth-order valence-electron chi connectivity index (χ4n) is 1.93. The Morgan fingerprint density at radius 2 is 2.20 bits per heavy atom. The minimum absolute atomic E-state index is 0.217. The van der Waals surface area contributed by atoms with E-state index in [0.29, 0.717) is 6.42 Å². The van der Waals surface area contributed by atoms with Crippen molar-refractivity contribution in [3.63, 3.8) is 0 Å². The van der Waals surface area contributed by atoms with Crippen molar-refractivity contribution < 1.29 is 4.79 Å². The van der Waals surface area contributed by atoms with Gasteiger partial charge in [-0.3, -0.25) is 4.79 Å². The third-order valence-corrected chi connectivity index (χ3v) is 3.23. The van der Waals surface area contributed by atoms with Crippen molar-refractivity contribution in [1.29, 1.82) is 0 Å². The molecule has 0 aliphatic heterocycles. The molecule has 1 aliphatic rings. The number of hydrogen-bond acceptors (Lipinski definition) is 2. The van der Waals surface area contributed by atoms with Gasteiger partial charge in [0, 0.05) is 26.1 Å². The van der Waals surface area contributed by atoms with Crippen LogP contribution in [0.15, 0.2) is 0 Å². The molecule has 1 saturated carbocycles. The van der Waals surface area contributed by atoms with Gasteiger partial charge < -0.3 is 10.6 Å². The van der Waals surface area contributed by atoms with Gasteiger partial charge in [0.15, 0.2) is 0 Å². The molecule has 0 spiro atoms. The number of rotatable bonds is 6. The van der Waals surface area contributed by atoms with Gasteiger partial charge in [-0.05, 0) is 38.5 Å². The minimum Gasteiger partial charge on any atom is -0.345 e. The predicted octanol–water partition coefficient (Wildman–Crippen LogP) is 1.76. The summed E-state index contributed by atoms with van der Waals surface area (Å²) in [7, 11) is 1.92. The first-order valence-electron chi connectivity index (χ1n) is 6.09. The molecule has 1 unspecified atom stereocenters. The summed E-state index contributed by atoms with van der Waals surface area (Å²) in [5, 5.41) is 0. The SMILES string of the molecule is CC(N)CCCC(=O)N(C)CC1CCC1. The highest BCUT2D eigenvalue weighted by atomic mass is 16.2. The maximum absolute atomic E-state index is 11.7. The highest BCUT2D eigenvalue weighted by Crippen LogP contribution is 2.26. The van der Waals surface area contributed by atoms with Gasteiger partial charge in [0.1, 0.15) is 0 Å². The lowest BCUT2D eigenvalue weighted by Crippen LogP contribution is -2.34. The molecule has 0 aromatic carbocycles. The summed E-state index contributed by atoms with van der Waals surface area (Å²) in [6.07, 6.45) is 6.48. The van der Waals surface area contributed by atoms with Crippen LogP contribution in [0.4, 0.5) is 0 Å². The van der Waals surface area contributed by atoms with Gasteiger partial charge in [-0.25, -0.2) is 0 Å². The van der Waals surface area contributed by atoms with Crippen molar-refractivity contribution in [2.45, 2.75) is 51.5 Å². The smallest absolute Gasteiger partial charge is 0.222 e. The lowest BCUT2D eigenvalue weighted by Gasteiger charge is -2.30. The van der Waals surface area contributed by atoms with Crippen molar-refractivity contribution in [3.8, 4) is 0 Å². The van der Waals surface area contributed by atoms with E-state index >= 15 is 0 Å². The molecule has 3 nitrogen and oxygen atoms in total. The fourth-order valence-corrected chi connectivity index (χ4v) is 1.93. The van der Waals surface area contributed by atoms with Gasteiger partial charge >= 0.3 is 0 Å². The van der Waals surface area contributed by atoms with E-state index in [0.717, 1.165) is 25.3 Å². The Balaban J connectivity index is 2.09. The van der Waals surface area contributed by atoms with Gasteiger partial charge in [-0.1, -0.05) is 6.42 Å². The topological polar surface area (TPSA) is 46.3 Å². The first-order valence-corrected chi connectivity index (χ1v) is 6.09. The third-order valence-electron chi connectivity index (χ3n) is 3.23. The summed E-state index contributed by atoms with van der Waals surface area (Å²) in [6, 6.07) is 0.217. The molecule has 0 bridgehead atoms. The molecule has 0 aromatic heterocycles. The van der Waals surface area contributed by atoms with E-state index in [1.54, 1.807) is 0 Å². The molecule has 1 atom stereocenters. The molecule has 2 N–H and O–H groups in total. The van der Waals surface area contributed by atoms with E-state index in [2.05, 4.69) is 0 Å². The molecule has 15 heavy (non-hydrogen) atoms. The van der Waals surface area contributed by atoms with Gasteiger partial charge in [0.25, 0.3) is 0 Å². The van der Waals surface area contributed by atoms with E-state index in [4.69, 9.17) is 5.73 Å². The molecular formula is C12H24N2O. The maximum Gasteiger partial charge on any atom is 0.222 e. The second-order valence-electron chi connectivity index (χ2n) is 4.94. The van der Waals surface area contributed by atoms with Gasteiger partial charge in [-0.2, -0.15) is 0 Å². The first-order chi connectivity index (χ1) is 7.09. The van der Waals surface area contributed by atoms with Crippen LogP contribution in [0.3, 0.4) is 0 Å². The molecule has 0 aromatic rings. The monoisotopic (exact) mass is 212 g/mol. The van der Waals surface area contributed by atoms with Crippen LogP contribution in [0.25, 0.3) is 0 Å². The molecule has 0 heterocycles. The second-order valence-corrected chi connectivity index (χ2v) is 4.94. The molecule has 1 amide bonds. The lowest BCUT2D eigenvalue weighted by atomic mass is 9.85. The Kier molecular flexibility index (Phi) is 5.09. The summed E-state index contributed by atoms with van der Waals surface area (Å²) >= 11 is 0. The fraction of sp³-hybridized carbons (Fsp3) is 0.917. The number of nitrogens with zero attached hydrogens (tertiary/aromatic N) is 1. The van der Waals surface area contributed by atoms with Crippen molar-refractivity contribution in [1.82, 2.24) is 4.90 Å². The van der Waals surface area contributed by atoms with Crippen molar-refractivity contribution >= 4 is 5.91 Å². The molecule has 0 radical (unpaired) electrons. The zero-order chi connectivity index (χ0) is 11.3. The largest absolute Gasteiger partial charge is 0.345 e. The molecule has 88 valence electrons. The van der Waals surface area contributed by atoms with Crippen LogP contribution in [0.5, 0.6) is 0 Å². The summed E-state index contributed by atoms with van der Waals surface area (Å²) in [6.45, 7) is 2.94. The van der Waals surface area contributed by atoms with E-state index in [9.17, 15) is 4.79 Å². The zero-order valence-electron chi connectivity index (χ0n) is 10.0. The first kappa shape index (κ1) is 12.5. The third kappa shape index (κ3) is 4.65. The Bertz CT molecular complexity index is 200. The van der Waals surface area contributed by atoms with Gasteiger partial charge in [-0.15, -0.1) is 0 Å². The van der Waals surface area contributed by atoms with Crippen molar-refractivity contribution in [3.05, 3.63) is 0 Å². The highest BCUT2D eigenvalue weighted by Gasteiger charge is 2.20. The highest BCUT2D eigenvalue weighted by molar-refractivity contribution is 5.75. The van der Waals surface area contributed by atoms with E-state index in [1.807, 2.05) is 18.9 Å². The van der Waals surface area contributed by atoms with Crippen molar-refractivity contribution in [2.75, 3.05) is 13.6 Å². The normalized spacial score (nSPS) is 18.3. The number of carbonyl (C=O) groups is 1. The predicted molar refractivity (Wildman–Crippen MR) is 62.5 cm³/mol. The van der Waals surface area contributed by atoms with Crippen LogP contribution in [-0.4, -0.2) is 30.4 Å². The number of hydrogen-bond donors (Lipinski definition) is 1. The van der Waals surface area contributed by atoms with E-state index in [-0.39, 0.29) is 11.9 Å². The van der Waals surface area contributed by atoms with Gasteiger partial charge in [0.2, 0.25) is 5.91 Å². The summed E-state index contributed by atoms with van der Waals surface area (Å²) < 4.78 is 0. The zero-order valence-corrected chi connectivity index (χ0v) is 10.0. The lowest BCUT2D eigenvalue weighted by molar-refractivity contribution is -0.130. The van der Waals surface area contributed by atoms with Crippen LogP contribution in [0.1, 0.15) is 45.4 Å². The molecular weight excluding hydrogens is 188 g/mol. The standard InChI is InChI=1S/C12H24N2O/c1-10(13)5-3-8-12(15)14(2)9-11-6-4-7-11/h10-11H,3-9,13H2,1-2H3. The van der Waals surface area contributed by atoms with Crippen LogP contribution in [0.2, 0.25) is 0 Å². The van der Waals surface area contributed by atoms with E-state index < -0.39 is 0 Å². The van der Waals surface area contributed by atoms with Gasteiger partial charge in [0.05, 0.1) is 0 Å². The Labute approximate surface area is 93.0 Å². The molecule has 1 aliphatic carbocycles. The minimum atomic E-state index is 0.217. The Morgan fingerprint density at radius 3 is 2.67 bits per heavy atom. The quantitative estimate of drug-likeness (QED) is 0.729. The Morgan fingerprint density at radius 1 is 1.53 bits per heavy atom. The molecule has 0 saturated heterocycles. The molecule has 1 rings (SSSR count). The van der Waals surface area contributed by atoms with E-state index in [1.165, 1.54) is 19.3 Å². The number of nitrogens with two attached hydrogens (primary N) is 1. The second kappa shape index (κ2) is 6.11. The van der Waals surface area contributed by atoms with Crippen LogP contribution in [-0.2, 0) is 4.79 Å². The summed E-state index contributed by atoms with van der Waals surface area (Å²) in [5.74, 6) is 1.05. The summed E-state index contributed by atoms with van der Waals surface area (Å²) in [4.78, 5) is 13.6.